The van der Waals surface area contributed by atoms with Crippen molar-refractivity contribution in [3.63, 3.8) is 0 Å². The van der Waals surface area contributed by atoms with Crippen molar-refractivity contribution >= 4 is 0 Å². The lowest BCUT2D eigenvalue weighted by Crippen LogP contribution is -2.13. The number of hydrogen-bond acceptors (Lipinski definition) is 4. The highest BCUT2D eigenvalue weighted by Crippen LogP contribution is 2.16. The number of benzene rings is 2. The maximum absolute atomic E-state index is 6.14. The number of aromatic nitrogens is 2. The summed E-state index contributed by atoms with van der Waals surface area (Å²) in [5.41, 5.74) is 8.44. The normalized spacial score (nSPS) is 12.2. The van der Waals surface area contributed by atoms with Crippen molar-refractivity contribution in [1.82, 2.24) is 10.2 Å². The molecule has 0 saturated carbocycles. The van der Waals surface area contributed by atoms with Crippen LogP contribution in [0.4, 0.5) is 0 Å². The fourth-order valence-electron chi connectivity index (χ4n) is 2.21. The van der Waals surface area contributed by atoms with Crippen LogP contribution in [0.2, 0.25) is 0 Å². The molecule has 2 N–H and O–H groups in total. The van der Waals surface area contributed by atoms with E-state index in [9.17, 15) is 0 Å². The van der Waals surface area contributed by atoms with Gasteiger partial charge in [-0.3, -0.25) is 0 Å². The topological polar surface area (TPSA) is 64.9 Å². The Labute approximate surface area is 123 Å². The zero-order valence-electron chi connectivity index (χ0n) is 11.6. The van der Waals surface area contributed by atoms with Crippen molar-refractivity contribution in [1.29, 1.82) is 0 Å². The smallest absolute Gasteiger partial charge is 0.233 e. The number of nitrogens with zero attached hydrogens (tertiary/aromatic N) is 2. The van der Waals surface area contributed by atoms with E-state index in [4.69, 9.17) is 10.2 Å². The largest absolute Gasteiger partial charge is 0.423 e. The van der Waals surface area contributed by atoms with E-state index in [-0.39, 0.29) is 6.04 Å². The summed E-state index contributed by atoms with van der Waals surface area (Å²) in [5, 5.41) is 8.14. The van der Waals surface area contributed by atoms with Gasteiger partial charge in [0.1, 0.15) is 0 Å². The van der Waals surface area contributed by atoms with Crippen LogP contribution in [-0.4, -0.2) is 10.2 Å². The van der Waals surface area contributed by atoms with Gasteiger partial charge in [0.2, 0.25) is 11.8 Å². The molecule has 0 bridgehead atoms. The van der Waals surface area contributed by atoms with E-state index in [1.807, 2.05) is 60.7 Å². The molecule has 106 valence electrons. The first-order valence-corrected chi connectivity index (χ1v) is 6.97. The molecule has 0 aliphatic rings. The van der Waals surface area contributed by atoms with Crippen LogP contribution >= 0.6 is 0 Å². The second kappa shape index (κ2) is 6.33. The van der Waals surface area contributed by atoms with Gasteiger partial charge in [0.15, 0.2) is 0 Å². The molecule has 0 aliphatic heterocycles. The second-order valence-electron chi connectivity index (χ2n) is 4.99. The quantitative estimate of drug-likeness (QED) is 0.780. The monoisotopic (exact) mass is 279 g/mol. The van der Waals surface area contributed by atoms with Gasteiger partial charge in [-0.05, 0) is 17.5 Å². The van der Waals surface area contributed by atoms with Gasteiger partial charge in [-0.15, -0.1) is 10.2 Å². The summed E-state index contributed by atoms with van der Waals surface area (Å²) in [6, 6.07) is 19.8. The third kappa shape index (κ3) is 3.55. The molecule has 0 fully saturated rings. The first kappa shape index (κ1) is 13.5. The zero-order chi connectivity index (χ0) is 14.5. The third-order valence-electron chi connectivity index (χ3n) is 3.30. The van der Waals surface area contributed by atoms with Gasteiger partial charge in [-0.1, -0.05) is 60.7 Å². The van der Waals surface area contributed by atoms with Crippen molar-refractivity contribution in [3.05, 3.63) is 83.6 Å². The molecule has 21 heavy (non-hydrogen) atoms. The molecule has 1 heterocycles. The van der Waals surface area contributed by atoms with E-state index in [0.29, 0.717) is 24.6 Å². The van der Waals surface area contributed by atoms with Gasteiger partial charge in [0.25, 0.3) is 0 Å². The van der Waals surface area contributed by atoms with Crippen LogP contribution in [0.3, 0.4) is 0 Å². The van der Waals surface area contributed by atoms with Crippen LogP contribution in [0.15, 0.2) is 65.1 Å². The molecule has 1 aromatic heterocycles. The highest BCUT2D eigenvalue weighted by molar-refractivity contribution is 5.19. The summed E-state index contributed by atoms with van der Waals surface area (Å²) in [5.74, 6) is 1.09. The molecule has 0 saturated heterocycles. The molecule has 0 spiro atoms. The second-order valence-corrected chi connectivity index (χ2v) is 4.99. The predicted molar refractivity (Wildman–Crippen MR) is 80.6 cm³/mol. The molecule has 4 heteroatoms. The third-order valence-corrected chi connectivity index (χ3v) is 3.30. The maximum atomic E-state index is 6.14. The summed E-state index contributed by atoms with van der Waals surface area (Å²) in [4.78, 5) is 0. The van der Waals surface area contributed by atoms with E-state index in [1.54, 1.807) is 0 Å². The Morgan fingerprint density at radius 1 is 0.857 bits per heavy atom. The van der Waals surface area contributed by atoms with Crippen LogP contribution in [0.1, 0.15) is 29.0 Å². The van der Waals surface area contributed by atoms with Crippen molar-refractivity contribution in [2.45, 2.75) is 18.9 Å². The van der Waals surface area contributed by atoms with E-state index >= 15 is 0 Å². The first-order valence-electron chi connectivity index (χ1n) is 6.97. The summed E-state index contributed by atoms with van der Waals surface area (Å²) in [6.45, 7) is 0. The van der Waals surface area contributed by atoms with Gasteiger partial charge in [0.05, 0.1) is 12.5 Å². The molecule has 3 aromatic rings. The summed E-state index contributed by atoms with van der Waals surface area (Å²) >= 11 is 0. The lowest BCUT2D eigenvalue weighted by molar-refractivity contribution is 0.422. The minimum Gasteiger partial charge on any atom is -0.423 e. The van der Waals surface area contributed by atoms with Gasteiger partial charge in [-0.25, -0.2) is 0 Å². The maximum Gasteiger partial charge on any atom is 0.233 e. The van der Waals surface area contributed by atoms with Crippen LogP contribution in [-0.2, 0) is 12.8 Å². The predicted octanol–water partition coefficient (Wildman–Crippen LogP) is 2.90. The highest BCUT2D eigenvalue weighted by atomic mass is 16.4. The van der Waals surface area contributed by atoms with Gasteiger partial charge >= 0.3 is 0 Å². The Bertz CT molecular complexity index is 680. The summed E-state index contributed by atoms with van der Waals surface area (Å²) in [6.07, 6.45) is 1.32. The average Bonchev–Trinajstić information content (AvgIpc) is 2.98. The molecule has 4 nitrogen and oxygen atoms in total. The molecular weight excluding hydrogens is 262 g/mol. The summed E-state index contributed by atoms with van der Waals surface area (Å²) < 4.78 is 5.67. The fourth-order valence-corrected chi connectivity index (χ4v) is 2.21. The molecule has 0 aliphatic carbocycles. The Kier molecular flexibility index (Phi) is 4.07. The van der Waals surface area contributed by atoms with E-state index in [2.05, 4.69) is 10.2 Å². The molecule has 1 unspecified atom stereocenters. The molecule has 0 radical (unpaired) electrons. The van der Waals surface area contributed by atoms with Crippen LogP contribution in [0.5, 0.6) is 0 Å². The zero-order valence-corrected chi connectivity index (χ0v) is 11.6. The fraction of sp³-hybridized carbons (Fsp3) is 0.176. The van der Waals surface area contributed by atoms with E-state index < -0.39 is 0 Å². The minimum absolute atomic E-state index is 0.274. The Morgan fingerprint density at radius 3 is 2.14 bits per heavy atom. The molecule has 1 atom stereocenters. The molecule has 3 rings (SSSR count). The minimum atomic E-state index is -0.274. The first-order chi connectivity index (χ1) is 10.3. The van der Waals surface area contributed by atoms with Crippen molar-refractivity contribution in [2.24, 2.45) is 5.73 Å². The molecule has 0 amide bonds. The lowest BCUT2D eigenvalue weighted by Gasteiger charge is -2.06. The molecule has 2 aromatic carbocycles. The van der Waals surface area contributed by atoms with Crippen molar-refractivity contribution in [3.8, 4) is 0 Å². The van der Waals surface area contributed by atoms with Crippen LogP contribution in [0.25, 0.3) is 0 Å². The van der Waals surface area contributed by atoms with Crippen molar-refractivity contribution < 1.29 is 4.42 Å². The Hall–Kier alpha value is -2.46. The van der Waals surface area contributed by atoms with Crippen molar-refractivity contribution in [2.75, 3.05) is 0 Å². The number of hydrogen-bond donors (Lipinski definition) is 1. The lowest BCUT2D eigenvalue weighted by atomic mass is 10.1. The standard InChI is InChI=1S/C17H17N3O/c18-15(11-13-7-3-1-4-8-13)17-20-19-16(21-17)12-14-9-5-2-6-10-14/h1-10,15H,11-12,18H2. The van der Waals surface area contributed by atoms with E-state index in [1.165, 1.54) is 0 Å². The SMILES string of the molecule is NC(Cc1ccccc1)c1nnc(Cc2ccccc2)o1. The van der Waals surface area contributed by atoms with E-state index in [0.717, 1.165) is 11.1 Å². The van der Waals surface area contributed by atoms with Crippen LogP contribution < -0.4 is 5.73 Å². The number of nitrogens with two attached hydrogens (primary N) is 1. The van der Waals surface area contributed by atoms with Crippen LogP contribution in [0, 0.1) is 0 Å². The highest BCUT2D eigenvalue weighted by Gasteiger charge is 2.15. The summed E-state index contributed by atoms with van der Waals surface area (Å²) in [7, 11) is 0. The molecular formula is C17H17N3O. The Morgan fingerprint density at radius 2 is 1.48 bits per heavy atom. The van der Waals surface area contributed by atoms with Gasteiger partial charge in [-0.2, -0.15) is 0 Å². The number of rotatable bonds is 5. The van der Waals surface area contributed by atoms with Gasteiger partial charge in [0, 0.05) is 0 Å². The Balaban J connectivity index is 1.67. The average molecular weight is 279 g/mol. The van der Waals surface area contributed by atoms with Gasteiger partial charge < -0.3 is 10.2 Å².